The van der Waals surface area contributed by atoms with Gasteiger partial charge in [-0.2, -0.15) is 0 Å². The zero-order valence-electron chi connectivity index (χ0n) is 18.5. The molecule has 3 nitrogen and oxygen atoms in total. The van der Waals surface area contributed by atoms with E-state index in [-0.39, 0.29) is 17.6 Å². The fourth-order valence-corrected chi connectivity index (χ4v) is 5.90. The Morgan fingerprint density at radius 1 is 1.12 bits per heavy atom. The van der Waals surface area contributed by atoms with Crippen LogP contribution < -0.4 is 10.6 Å². The molecule has 1 aliphatic carbocycles. The van der Waals surface area contributed by atoms with E-state index in [1.165, 1.54) is 24.3 Å². The van der Waals surface area contributed by atoms with Gasteiger partial charge in [0.1, 0.15) is 24.0 Å². The lowest BCUT2D eigenvalue weighted by Gasteiger charge is -2.40. The van der Waals surface area contributed by atoms with Crippen LogP contribution in [-0.4, -0.2) is 24.1 Å². The number of aryl methyl sites for hydroxylation is 1. The molecular formula is C26H27ClF2N2O. The molecule has 2 aromatic carbocycles. The van der Waals surface area contributed by atoms with Crippen molar-refractivity contribution in [3.05, 3.63) is 81.8 Å². The van der Waals surface area contributed by atoms with Crippen LogP contribution in [0.3, 0.4) is 0 Å². The molecule has 0 aromatic heterocycles. The number of anilines is 1. The van der Waals surface area contributed by atoms with Crippen LogP contribution >= 0.6 is 11.6 Å². The summed E-state index contributed by atoms with van der Waals surface area (Å²) in [5.74, 6) is -0.256. The molecule has 168 valence electrons. The van der Waals surface area contributed by atoms with Crippen molar-refractivity contribution in [3.63, 3.8) is 0 Å². The molecule has 0 saturated carbocycles. The first-order valence-corrected chi connectivity index (χ1v) is 11.5. The smallest absolute Gasteiger partial charge is 0.142 e. The summed E-state index contributed by atoms with van der Waals surface area (Å²) in [7, 11) is 0. The number of benzene rings is 2. The van der Waals surface area contributed by atoms with Gasteiger partial charge in [-0.05, 0) is 98.3 Å². The molecule has 0 spiro atoms. The number of hydrogen-bond donors (Lipinski definition) is 2. The Hall–Kier alpha value is -2.37. The molecular weight excluding hydrogens is 430 g/mol. The van der Waals surface area contributed by atoms with Gasteiger partial charge in [0.25, 0.3) is 0 Å². The Bertz CT molecular complexity index is 1150. The predicted molar refractivity (Wildman–Crippen MR) is 125 cm³/mol. The van der Waals surface area contributed by atoms with Gasteiger partial charge in [0.05, 0.1) is 16.5 Å². The van der Waals surface area contributed by atoms with Crippen molar-refractivity contribution in [2.24, 2.45) is 0 Å². The van der Waals surface area contributed by atoms with Crippen LogP contribution in [0.15, 0.2) is 53.4 Å². The van der Waals surface area contributed by atoms with Crippen LogP contribution in [0, 0.1) is 18.6 Å². The normalized spacial score (nSPS) is 26.8. The summed E-state index contributed by atoms with van der Waals surface area (Å²) in [6.07, 6.45) is 2.20. The van der Waals surface area contributed by atoms with E-state index in [0.29, 0.717) is 12.6 Å². The molecule has 3 aliphatic rings. The number of fused-ring (bicyclic) bond motifs is 3. The fraction of sp³-hybridized carbons (Fsp3) is 0.385. The van der Waals surface area contributed by atoms with Crippen molar-refractivity contribution in [1.82, 2.24) is 5.32 Å². The van der Waals surface area contributed by atoms with E-state index in [1.807, 2.05) is 20.8 Å². The SMILES string of the molecule is CC1=C(c2cc(F)ccc2C)C(C)(Cl)C2C(=C1OC[C@H]1CCCN1)Nc1ccc(F)cc12. The molecule has 5 rings (SSSR count). The van der Waals surface area contributed by atoms with Gasteiger partial charge in [-0.1, -0.05) is 6.07 Å². The van der Waals surface area contributed by atoms with E-state index in [4.69, 9.17) is 16.3 Å². The second-order valence-corrected chi connectivity index (χ2v) is 9.96. The maximum atomic E-state index is 14.3. The van der Waals surface area contributed by atoms with Crippen molar-refractivity contribution in [2.45, 2.75) is 50.4 Å². The highest BCUT2D eigenvalue weighted by Gasteiger charge is 2.50. The van der Waals surface area contributed by atoms with Gasteiger partial charge in [0.15, 0.2) is 0 Å². The largest absolute Gasteiger partial charge is 0.490 e. The van der Waals surface area contributed by atoms with E-state index < -0.39 is 4.87 Å². The summed E-state index contributed by atoms with van der Waals surface area (Å²) >= 11 is 7.32. The third-order valence-electron chi connectivity index (χ3n) is 6.93. The zero-order chi connectivity index (χ0) is 22.6. The van der Waals surface area contributed by atoms with Gasteiger partial charge in [-0.15, -0.1) is 11.6 Å². The quantitative estimate of drug-likeness (QED) is 0.534. The first kappa shape index (κ1) is 21.5. The minimum Gasteiger partial charge on any atom is -0.490 e. The third kappa shape index (κ3) is 3.43. The van der Waals surface area contributed by atoms with E-state index in [1.54, 1.807) is 12.1 Å². The summed E-state index contributed by atoms with van der Waals surface area (Å²) in [4.78, 5) is -0.928. The molecule has 2 aromatic rings. The maximum Gasteiger partial charge on any atom is 0.142 e. The maximum absolute atomic E-state index is 14.3. The van der Waals surface area contributed by atoms with Crippen LogP contribution in [-0.2, 0) is 4.74 Å². The molecule has 1 saturated heterocycles. The molecule has 2 aliphatic heterocycles. The van der Waals surface area contributed by atoms with Gasteiger partial charge < -0.3 is 15.4 Å². The van der Waals surface area contributed by atoms with Crippen molar-refractivity contribution in [2.75, 3.05) is 18.5 Å². The number of rotatable bonds is 4. The van der Waals surface area contributed by atoms with E-state index in [9.17, 15) is 8.78 Å². The van der Waals surface area contributed by atoms with Crippen molar-refractivity contribution >= 4 is 22.9 Å². The molecule has 1 fully saturated rings. The Morgan fingerprint density at radius 2 is 1.88 bits per heavy atom. The lowest BCUT2D eigenvalue weighted by Crippen LogP contribution is -2.35. The van der Waals surface area contributed by atoms with E-state index in [2.05, 4.69) is 10.6 Å². The van der Waals surface area contributed by atoms with Gasteiger partial charge >= 0.3 is 0 Å². The monoisotopic (exact) mass is 456 g/mol. The number of nitrogens with one attached hydrogen (secondary N) is 2. The summed E-state index contributed by atoms with van der Waals surface area (Å²) in [5.41, 5.74) is 5.83. The molecule has 2 N–H and O–H groups in total. The zero-order valence-corrected chi connectivity index (χ0v) is 19.2. The average Bonchev–Trinajstić information content (AvgIpc) is 3.38. The van der Waals surface area contributed by atoms with Crippen molar-refractivity contribution < 1.29 is 13.5 Å². The number of alkyl halides is 1. The Balaban J connectivity index is 1.69. The average molecular weight is 457 g/mol. The number of halogens is 3. The first-order valence-electron chi connectivity index (χ1n) is 11.1. The van der Waals surface area contributed by atoms with Crippen molar-refractivity contribution in [1.29, 1.82) is 0 Å². The van der Waals surface area contributed by atoms with Crippen LogP contribution in [0.4, 0.5) is 14.5 Å². The number of hydrogen-bond acceptors (Lipinski definition) is 3. The van der Waals surface area contributed by atoms with E-state index >= 15 is 0 Å². The molecule has 3 atom stereocenters. The molecule has 6 heteroatoms. The Morgan fingerprint density at radius 3 is 2.62 bits per heavy atom. The van der Waals surface area contributed by atoms with Gasteiger partial charge in [0, 0.05) is 11.7 Å². The lowest BCUT2D eigenvalue weighted by atomic mass is 9.72. The second-order valence-electron chi connectivity index (χ2n) is 9.17. The van der Waals surface area contributed by atoms with Crippen LogP contribution in [0.2, 0.25) is 0 Å². The predicted octanol–water partition coefficient (Wildman–Crippen LogP) is 6.25. The summed E-state index contributed by atoms with van der Waals surface area (Å²) in [6.45, 7) is 7.38. The van der Waals surface area contributed by atoms with Gasteiger partial charge in [0.2, 0.25) is 0 Å². The highest BCUT2D eigenvalue weighted by Crippen LogP contribution is 2.58. The summed E-state index contributed by atoms with van der Waals surface area (Å²) in [5, 5.41) is 6.91. The van der Waals surface area contributed by atoms with E-state index in [0.717, 1.165) is 64.4 Å². The number of allylic oxidation sites excluding steroid dienone is 3. The molecule has 0 radical (unpaired) electrons. The molecule has 2 unspecified atom stereocenters. The summed E-state index contributed by atoms with van der Waals surface area (Å²) in [6, 6.07) is 9.76. The highest BCUT2D eigenvalue weighted by molar-refractivity contribution is 6.32. The third-order valence-corrected chi connectivity index (χ3v) is 7.34. The first-order chi connectivity index (χ1) is 15.3. The Labute approximate surface area is 192 Å². The minimum atomic E-state index is -0.928. The topological polar surface area (TPSA) is 33.3 Å². The fourth-order valence-electron chi connectivity index (χ4n) is 5.43. The summed E-state index contributed by atoms with van der Waals surface area (Å²) < 4.78 is 35.0. The molecule has 0 amide bonds. The highest BCUT2D eigenvalue weighted by atomic mass is 35.5. The molecule has 2 heterocycles. The standard InChI is InChI=1S/C26H27ClF2N2O/c1-14-6-7-16(28)11-19(14)22-15(2)25(32-13-18-5-4-10-30-18)24-23(26(22,3)27)20-12-17(29)8-9-21(20)31-24/h6-9,11-12,18,23,30-31H,4-5,10,13H2,1-3H3/t18-,23?,26?/m1/s1. The number of ether oxygens (including phenoxy) is 1. The van der Waals surface area contributed by atoms with Crippen LogP contribution in [0.5, 0.6) is 0 Å². The van der Waals surface area contributed by atoms with Crippen LogP contribution in [0.25, 0.3) is 5.57 Å². The molecule has 0 bridgehead atoms. The Kier molecular flexibility index (Phi) is 5.30. The van der Waals surface area contributed by atoms with Crippen molar-refractivity contribution in [3.8, 4) is 0 Å². The van der Waals surface area contributed by atoms with Gasteiger partial charge in [-0.3, -0.25) is 0 Å². The lowest BCUT2D eigenvalue weighted by molar-refractivity contribution is 0.187. The minimum absolute atomic E-state index is 0.291. The molecule has 32 heavy (non-hydrogen) atoms. The van der Waals surface area contributed by atoms with Gasteiger partial charge in [-0.25, -0.2) is 8.78 Å². The second kappa shape index (κ2) is 7.89. The van der Waals surface area contributed by atoms with Crippen LogP contribution in [0.1, 0.15) is 49.3 Å².